The van der Waals surface area contributed by atoms with E-state index in [2.05, 4.69) is 4.98 Å². The SMILES string of the molecule is O=S(=O)(c1ccc[nH]1)C1CC1. The van der Waals surface area contributed by atoms with E-state index in [4.69, 9.17) is 0 Å². The highest BCUT2D eigenvalue weighted by Gasteiger charge is 2.37. The molecule has 0 bridgehead atoms. The van der Waals surface area contributed by atoms with Gasteiger partial charge in [0.25, 0.3) is 0 Å². The Morgan fingerprint density at radius 2 is 2.18 bits per heavy atom. The van der Waals surface area contributed by atoms with Crippen molar-refractivity contribution in [3.63, 3.8) is 0 Å². The lowest BCUT2D eigenvalue weighted by Gasteiger charge is -1.96. The number of rotatable bonds is 2. The van der Waals surface area contributed by atoms with E-state index in [1.54, 1.807) is 18.3 Å². The third kappa shape index (κ3) is 1.07. The maximum atomic E-state index is 11.4. The maximum absolute atomic E-state index is 11.4. The molecule has 1 aliphatic rings. The van der Waals surface area contributed by atoms with Gasteiger partial charge >= 0.3 is 0 Å². The average molecular weight is 171 g/mol. The van der Waals surface area contributed by atoms with E-state index in [0.717, 1.165) is 12.8 Å². The van der Waals surface area contributed by atoms with Gasteiger partial charge in [0.05, 0.1) is 5.25 Å². The first-order chi connectivity index (χ1) is 5.21. The van der Waals surface area contributed by atoms with Crippen LogP contribution in [0, 0.1) is 0 Å². The summed E-state index contributed by atoms with van der Waals surface area (Å²) in [5.41, 5.74) is 0. The number of hydrogen-bond donors (Lipinski definition) is 1. The number of sulfone groups is 1. The van der Waals surface area contributed by atoms with Crippen LogP contribution in [-0.4, -0.2) is 18.7 Å². The van der Waals surface area contributed by atoms with Gasteiger partial charge in [-0.25, -0.2) is 8.42 Å². The maximum Gasteiger partial charge on any atom is 0.196 e. The summed E-state index contributed by atoms with van der Waals surface area (Å²) in [5, 5.41) is 0.251. The summed E-state index contributed by atoms with van der Waals surface area (Å²) < 4.78 is 22.8. The van der Waals surface area contributed by atoms with Crippen LogP contribution in [0.4, 0.5) is 0 Å². The van der Waals surface area contributed by atoms with Crippen molar-refractivity contribution < 1.29 is 8.42 Å². The molecule has 1 aromatic rings. The normalized spacial score (nSPS) is 18.5. The fourth-order valence-corrected chi connectivity index (χ4v) is 2.67. The van der Waals surface area contributed by atoms with Crippen molar-refractivity contribution in [2.45, 2.75) is 23.1 Å². The van der Waals surface area contributed by atoms with E-state index in [9.17, 15) is 8.42 Å². The molecule has 0 saturated heterocycles. The number of H-pyrrole nitrogens is 1. The smallest absolute Gasteiger partial charge is 0.196 e. The Morgan fingerprint density at radius 1 is 1.45 bits per heavy atom. The Balaban J connectivity index is 2.42. The number of nitrogens with one attached hydrogen (secondary N) is 1. The van der Waals surface area contributed by atoms with Crippen molar-refractivity contribution in [3.8, 4) is 0 Å². The molecule has 0 radical (unpaired) electrons. The lowest BCUT2D eigenvalue weighted by atomic mass is 10.7. The summed E-state index contributed by atoms with van der Waals surface area (Å²) in [6, 6.07) is 3.31. The summed E-state index contributed by atoms with van der Waals surface area (Å²) in [4.78, 5) is 2.71. The first kappa shape index (κ1) is 6.91. The van der Waals surface area contributed by atoms with Crippen LogP contribution in [0.3, 0.4) is 0 Å². The molecule has 1 aliphatic carbocycles. The van der Waals surface area contributed by atoms with E-state index in [-0.39, 0.29) is 5.25 Å². The molecule has 2 rings (SSSR count). The zero-order valence-corrected chi connectivity index (χ0v) is 6.76. The molecule has 11 heavy (non-hydrogen) atoms. The molecule has 1 saturated carbocycles. The van der Waals surface area contributed by atoms with E-state index in [1.807, 2.05) is 0 Å². The molecule has 1 N–H and O–H groups in total. The van der Waals surface area contributed by atoms with Gasteiger partial charge in [0.1, 0.15) is 5.03 Å². The van der Waals surface area contributed by atoms with Crippen LogP contribution in [0.5, 0.6) is 0 Å². The van der Waals surface area contributed by atoms with Gasteiger partial charge in [-0.05, 0) is 25.0 Å². The Labute approximate surface area is 65.4 Å². The van der Waals surface area contributed by atoms with Crippen molar-refractivity contribution in [3.05, 3.63) is 18.3 Å². The van der Waals surface area contributed by atoms with Gasteiger partial charge in [-0.1, -0.05) is 0 Å². The summed E-state index contributed by atoms with van der Waals surface area (Å²) in [5.74, 6) is 0. The molecule has 0 atom stereocenters. The molecule has 0 unspecified atom stereocenters. The molecule has 1 heterocycles. The van der Waals surface area contributed by atoms with Crippen LogP contribution >= 0.6 is 0 Å². The van der Waals surface area contributed by atoms with Gasteiger partial charge in [-0.15, -0.1) is 0 Å². The fourth-order valence-electron chi connectivity index (χ4n) is 1.05. The van der Waals surface area contributed by atoms with Gasteiger partial charge in [-0.3, -0.25) is 0 Å². The molecule has 60 valence electrons. The van der Waals surface area contributed by atoms with Gasteiger partial charge in [0.15, 0.2) is 9.84 Å². The third-order valence-corrected chi connectivity index (χ3v) is 4.06. The summed E-state index contributed by atoms with van der Waals surface area (Å²) in [7, 11) is -2.98. The van der Waals surface area contributed by atoms with Crippen molar-refractivity contribution in [1.82, 2.24) is 4.98 Å². The number of hydrogen-bond acceptors (Lipinski definition) is 2. The fraction of sp³-hybridized carbons (Fsp3) is 0.429. The van der Waals surface area contributed by atoms with Gasteiger partial charge in [-0.2, -0.15) is 0 Å². The minimum absolute atomic E-state index is 0.110. The second kappa shape index (κ2) is 2.11. The van der Waals surface area contributed by atoms with Crippen molar-refractivity contribution in [1.29, 1.82) is 0 Å². The van der Waals surface area contributed by atoms with Crippen LogP contribution in [0.2, 0.25) is 0 Å². The molecule has 1 fully saturated rings. The van der Waals surface area contributed by atoms with E-state index >= 15 is 0 Å². The van der Waals surface area contributed by atoms with Crippen LogP contribution in [-0.2, 0) is 9.84 Å². The molecule has 3 nitrogen and oxygen atoms in total. The predicted octanol–water partition coefficient (Wildman–Crippen LogP) is 0.951. The predicted molar refractivity (Wildman–Crippen MR) is 41.0 cm³/mol. The Kier molecular flexibility index (Phi) is 1.32. The van der Waals surface area contributed by atoms with Crippen LogP contribution in [0.25, 0.3) is 0 Å². The molecule has 0 amide bonds. The second-order valence-electron chi connectivity index (χ2n) is 2.78. The number of aromatic nitrogens is 1. The largest absolute Gasteiger partial charge is 0.352 e. The number of aromatic amines is 1. The standard InChI is InChI=1S/C7H9NO2S/c9-11(10,6-3-4-6)7-2-1-5-8-7/h1-2,5-6,8H,3-4H2. The zero-order chi connectivity index (χ0) is 7.90. The Bertz CT molecular complexity index is 335. The lowest BCUT2D eigenvalue weighted by Crippen LogP contribution is -2.06. The third-order valence-electron chi connectivity index (χ3n) is 1.84. The van der Waals surface area contributed by atoms with Gasteiger partial charge in [0, 0.05) is 6.20 Å². The van der Waals surface area contributed by atoms with Crippen LogP contribution < -0.4 is 0 Å². The van der Waals surface area contributed by atoms with Crippen molar-refractivity contribution >= 4 is 9.84 Å². The quantitative estimate of drug-likeness (QED) is 0.720. The molecular weight excluding hydrogens is 162 g/mol. The molecular formula is C7H9NO2S. The molecule has 0 spiro atoms. The average Bonchev–Trinajstić information content (AvgIpc) is 2.66. The van der Waals surface area contributed by atoms with E-state index < -0.39 is 9.84 Å². The lowest BCUT2D eigenvalue weighted by molar-refractivity contribution is 0.592. The molecule has 0 aromatic carbocycles. The Morgan fingerprint density at radius 3 is 2.64 bits per heavy atom. The second-order valence-corrected chi connectivity index (χ2v) is 4.98. The van der Waals surface area contributed by atoms with Crippen molar-refractivity contribution in [2.24, 2.45) is 0 Å². The minimum Gasteiger partial charge on any atom is -0.352 e. The van der Waals surface area contributed by atoms with E-state index in [1.165, 1.54) is 0 Å². The highest BCUT2D eigenvalue weighted by molar-refractivity contribution is 7.92. The van der Waals surface area contributed by atoms with Crippen LogP contribution in [0.1, 0.15) is 12.8 Å². The summed E-state index contributed by atoms with van der Waals surface area (Å²) >= 11 is 0. The molecule has 0 aliphatic heterocycles. The molecule has 4 heteroatoms. The first-order valence-corrected chi connectivity index (χ1v) is 5.13. The van der Waals surface area contributed by atoms with Crippen molar-refractivity contribution in [2.75, 3.05) is 0 Å². The zero-order valence-electron chi connectivity index (χ0n) is 5.95. The topological polar surface area (TPSA) is 49.9 Å². The van der Waals surface area contributed by atoms with E-state index in [0.29, 0.717) is 5.03 Å². The van der Waals surface area contributed by atoms with Gasteiger partial charge in [0.2, 0.25) is 0 Å². The first-order valence-electron chi connectivity index (χ1n) is 3.58. The summed E-state index contributed by atoms with van der Waals surface area (Å²) in [6.07, 6.45) is 3.28. The Hall–Kier alpha value is -0.770. The molecule has 1 aromatic heterocycles. The monoisotopic (exact) mass is 171 g/mol. The minimum atomic E-state index is -2.98. The van der Waals surface area contributed by atoms with Gasteiger partial charge < -0.3 is 4.98 Å². The summed E-state index contributed by atoms with van der Waals surface area (Å²) in [6.45, 7) is 0. The highest BCUT2D eigenvalue weighted by atomic mass is 32.2. The highest BCUT2D eigenvalue weighted by Crippen LogP contribution is 2.32. The van der Waals surface area contributed by atoms with Crippen LogP contribution in [0.15, 0.2) is 23.4 Å².